The molecule has 2 aliphatic heterocycles. The van der Waals surface area contributed by atoms with Crippen LogP contribution in [0.3, 0.4) is 0 Å². The molecule has 0 aliphatic carbocycles. The lowest BCUT2D eigenvalue weighted by atomic mass is 10.0. The normalized spacial score (nSPS) is 19.2. The molecule has 2 aromatic rings. The third kappa shape index (κ3) is 5.39. The summed E-state index contributed by atoms with van der Waals surface area (Å²) in [6.07, 6.45) is 2.35. The average Bonchev–Trinajstić information content (AvgIpc) is 3.37. The molecule has 0 saturated carbocycles. The molecule has 0 radical (unpaired) electrons. The Hall–Kier alpha value is -1.52. The van der Waals surface area contributed by atoms with Crippen LogP contribution in [0.5, 0.6) is 0 Å². The maximum atomic E-state index is 12.7. The largest absolute Gasteiger partial charge is 0.342 e. The highest BCUT2D eigenvalue weighted by atomic mass is 35.5. The maximum Gasteiger partial charge on any atom is 0.267 e. The highest BCUT2D eigenvalue weighted by molar-refractivity contribution is 7.18. The Morgan fingerprint density at radius 2 is 1.90 bits per heavy atom. The van der Waals surface area contributed by atoms with Gasteiger partial charge >= 0.3 is 0 Å². The van der Waals surface area contributed by atoms with Gasteiger partial charge in [0.05, 0.1) is 21.3 Å². The minimum absolute atomic E-state index is 0.111. The minimum Gasteiger partial charge on any atom is -0.342 e. The smallest absolute Gasteiger partial charge is 0.267 e. The average molecular weight is 468 g/mol. The number of carbonyl (C=O) groups excluding carboxylic acids is 2. The summed E-state index contributed by atoms with van der Waals surface area (Å²) in [6.45, 7) is 6.12. The second-order valence-electron chi connectivity index (χ2n) is 7.83. The monoisotopic (exact) mass is 467 g/mol. The lowest BCUT2D eigenvalue weighted by molar-refractivity contribution is -0.132. The van der Waals surface area contributed by atoms with Gasteiger partial charge in [-0.2, -0.15) is 0 Å². The number of hydrogen-bond acceptors (Lipinski definition) is 7. The van der Waals surface area contributed by atoms with E-state index < -0.39 is 0 Å². The van der Waals surface area contributed by atoms with E-state index in [0.717, 1.165) is 52.1 Å². The highest BCUT2D eigenvalue weighted by Gasteiger charge is 2.28. The van der Waals surface area contributed by atoms with Gasteiger partial charge in [-0.3, -0.25) is 19.8 Å². The Morgan fingerprint density at radius 3 is 2.57 bits per heavy atom. The van der Waals surface area contributed by atoms with Crippen molar-refractivity contribution in [3.8, 4) is 0 Å². The zero-order chi connectivity index (χ0) is 21.1. The molecule has 7 nitrogen and oxygen atoms in total. The van der Waals surface area contributed by atoms with Gasteiger partial charge in [-0.1, -0.05) is 11.6 Å². The lowest BCUT2D eigenvalue weighted by Crippen LogP contribution is -2.53. The molecule has 2 aromatic heterocycles. The molecule has 1 N–H and O–H groups in total. The van der Waals surface area contributed by atoms with E-state index in [4.69, 9.17) is 11.6 Å². The summed E-state index contributed by atoms with van der Waals surface area (Å²) in [5, 5.41) is 5.12. The van der Waals surface area contributed by atoms with E-state index in [1.807, 2.05) is 10.3 Å². The van der Waals surface area contributed by atoms with Crippen molar-refractivity contribution in [1.29, 1.82) is 0 Å². The first kappa shape index (κ1) is 21.7. The molecule has 2 amide bonds. The van der Waals surface area contributed by atoms with Gasteiger partial charge in [0.1, 0.15) is 0 Å². The van der Waals surface area contributed by atoms with Gasteiger partial charge in [0.15, 0.2) is 5.13 Å². The summed E-state index contributed by atoms with van der Waals surface area (Å²) >= 11 is 8.44. The molecule has 0 bridgehead atoms. The third-order valence-corrected chi connectivity index (χ3v) is 7.81. The van der Waals surface area contributed by atoms with Crippen LogP contribution < -0.4 is 5.32 Å². The summed E-state index contributed by atoms with van der Waals surface area (Å²) in [5.41, 5.74) is 0.700. The number of anilines is 1. The second-order valence-corrected chi connectivity index (χ2v) is 10.4. The standard InChI is InChI=1S/C20H26ClN5O2S2/c1-24-8-10-25(11-9-24)15-4-6-26(7-5-15)18(27)12-14-13-29-20(22-14)23-19(28)16-2-3-17(21)30-16/h2-3,13,15H,4-12H2,1H3,(H,22,23,28). The van der Waals surface area contributed by atoms with Gasteiger partial charge in [0.2, 0.25) is 5.91 Å². The Kier molecular flexibility index (Phi) is 7.05. The van der Waals surface area contributed by atoms with E-state index in [9.17, 15) is 9.59 Å². The van der Waals surface area contributed by atoms with Crippen LogP contribution in [0.15, 0.2) is 17.5 Å². The number of likely N-dealkylation sites (N-methyl/N-ethyl adjacent to an activating group) is 1. The molecule has 0 atom stereocenters. The van der Waals surface area contributed by atoms with Crippen molar-refractivity contribution >= 4 is 51.2 Å². The number of halogens is 1. The molecule has 10 heteroatoms. The molecular formula is C20H26ClN5O2S2. The van der Waals surface area contributed by atoms with E-state index in [1.165, 1.54) is 22.7 Å². The van der Waals surface area contributed by atoms with Crippen LogP contribution in [-0.4, -0.2) is 83.9 Å². The lowest BCUT2D eigenvalue weighted by Gasteiger charge is -2.42. The van der Waals surface area contributed by atoms with Crippen molar-refractivity contribution in [3.63, 3.8) is 0 Å². The number of carbonyl (C=O) groups is 2. The van der Waals surface area contributed by atoms with Crippen LogP contribution in [0.2, 0.25) is 4.34 Å². The molecule has 30 heavy (non-hydrogen) atoms. The predicted molar refractivity (Wildman–Crippen MR) is 122 cm³/mol. The first-order valence-electron chi connectivity index (χ1n) is 10.2. The first-order valence-corrected chi connectivity index (χ1v) is 12.3. The van der Waals surface area contributed by atoms with Crippen molar-refractivity contribution in [2.75, 3.05) is 51.6 Å². The van der Waals surface area contributed by atoms with Gasteiger partial charge in [-0.15, -0.1) is 22.7 Å². The van der Waals surface area contributed by atoms with Crippen LogP contribution in [0.1, 0.15) is 28.2 Å². The Morgan fingerprint density at radius 1 is 1.17 bits per heavy atom. The fourth-order valence-electron chi connectivity index (χ4n) is 3.97. The zero-order valence-electron chi connectivity index (χ0n) is 17.0. The summed E-state index contributed by atoms with van der Waals surface area (Å²) in [4.78, 5) is 36.8. The van der Waals surface area contributed by atoms with Crippen LogP contribution >= 0.6 is 34.3 Å². The number of amides is 2. The van der Waals surface area contributed by atoms with E-state index in [0.29, 0.717) is 26.1 Å². The molecule has 0 aromatic carbocycles. The molecule has 2 fully saturated rings. The Balaban J connectivity index is 1.24. The van der Waals surface area contributed by atoms with E-state index >= 15 is 0 Å². The predicted octanol–water partition coefficient (Wildman–Crippen LogP) is 2.89. The molecule has 4 heterocycles. The van der Waals surface area contributed by atoms with Crippen molar-refractivity contribution in [2.24, 2.45) is 0 Å². The third-order valence-electron chi connectivity index (χ3n) is 5.77. The second kappa shape index (κ2) is 9.74. The number of nitrogens with one attached hydrogen (secondary N) is 1. The number of piperazine rings is 1. The number of nitrogens with zero attached hydrogens (tertiary/aromatic N) is 4. The van der Waals surface area contributed by atoms with Crippen LogP contribution in [-0.2, 0) is 11.2 Å². The van der Waals surface area contributed by atoms with Crippen molar-refractivity contribution in [1.82, 2.24) is 19.7 Å². The highest BCUT2D eigenvalue weighted by Crippen LogP contribution is 2.24. The van der Waals surface area contributed by atoms with Crippen LogP contribution in [0, 0.1) is 0 Å². The molecule has 2 saturated heterocycles. The molecular weight excluding hydrogens is 442 g/mol. The summed E-state index contributed by atoms with van der Waals surface area (Å²) in [7, 11) is 2.17. The van der Waals surface area contributed by atoms with Crippen LogP contribution in [0.25, 0.3) is 0 Å². The maximum absolute atomic E-state index is 12.7. The van der Waals surface area contributed by atoms with Crippen LogP contribution in [0.4, 0.5) is 5.13 Å². The molecule has 162 valence electrons. The van der Waals surface area contributed by atoms with Gasteiger partial charge in [-0.05, 0) is 32.0 Å². The first-order chi connectivity index (χ1) is 14.5. The number of thiophene rings is 1. The van der Waals surface area contributed by atoms with Gasteiger partial charge in [0.25, 0.3) is 5.91 Å². The van der Waals surface area contributed by atoms with E-state index in [2.05, 4.69) is 27.1 Å². The summed E-state index contributed by atoms with van der Waals surface area (Å²) < 4.78 is 0.571. The van der Waals surface area contributed by atoms with Gasteiger partial charge in [0, 0.05) is 50.7 Å². The number of piperidine rings is 1. The summed E-state index contributed by atoms with van der Waals surface area (Å²) in [5.74, 6) is -0.120. The number of aromatic nitrogens is 1. The van der Waals surface area contributed by atoms with E-state index in [-0.39, 0.29) is 18.2 Å². The number of thiazole rings is 1. The molecule has 0 spiro atoms. The quantitative estimate of drug-likeness (QED) is 0.732. The van der Waals surface area contributed by atoms with E-state index in [1.54, 1.807) is 12.1 Å². The minimum atomic E-state index is -0.231. The van der Waals surface area contributed by atoms with Gasteiger partial charge in [-0.25, -0.2) is 4.98 Å². The number of hydrogen-bond donors (Lipinski definition) is 1. The van der Waals surface area contributed by atoms with Crippen molar-refractivity contribution < 1.29 is 9.59 Å². The Labute approximate surface area is 189 Å². The number of rotatable bonds is 5. The molecule has 0 unspecified atom stereocenters. The SMILES string of the molecule is CN1CCN(C2CCN(C(=O)Cc3csc(NC(=O)c4ccc(Cl)s4)n3)CC2)CC1. The fourth-order valence-corrected chi connectivity index (χ4v) is 5.62. The molecule has 2 aliphatic rings. The molecule has 4 rings (SSSR count). The number of likely N-dealkylation sites (tertiary alicyclic amines) is 1. The van der Waals surface area contributed by atoms with Crippen molar-refractivity contribution in [2.45, 2.75) is 25.3 Å². The zero-order valence-corrected chi connectivity index (χ0v) is 19.4. The fraction of sp³-hybridized carbons (Fsp3) is 0.550. The Bertz CT molecular complexity index is 885. The van der Waals surface area contributed by atoms with Gasteiger partial charge < -0.3 is 9.80 Å². The summed E-state index contributed by atoms with van der Waals surface area (Å²) in [6, 6.07) is 3.97. The topological polar surface area (TPSA) is 68.8 Å². The van der Waals surface area contributed by atoms with Crippen molar-refractivity contribution in [3.05, 3.63) is 32.4 Å².